The van der Waals surface area contributed by atoms with E-state index >= 15 is 0 Å². The molecule has 1 N–H and O–H groups in total. The normalized spacial score (nSPS) is 15.4. The minimum atomic E-state index is -0.306. The minimum absolute atomic E-state index is 0.165. The van der Waals surface area contributed by atoms with Gasteiger partial charge in [0.2, 0.25) is 17.7 Å². The van der Waals surface area contributed by atoms with Crippen LogP contribution < -0.4 is 5.32 Å². The first-order valence-corrected chi connectivity index (χ1v) is 6.22. The quantitative estimate of drug-likeness (QED) is 0.794. The van der Waals surface area contributed by atoms with Gasteiger partial charge in [0, 0.05) is 19.4 Å². The number of hydrogen-bond acceptors (Lipinski definition) is 4. The molecule has 6 heteroatoms. The fourth-order valence-corrected chi connectivity index (χ4v) is 2.26. The summed E-state index contributed by atoms with van der Waals surface area (Å²) in [6, 6.07) is 1.91. The van der Waals surface area contributed by atoms with Gasteiger partial charge in [-0.15, -0.1) is 0 Å². The Hall–Kier alpha value is -1.69. The van der Waals surface area contributed by atoms with Gasteiger partial charge in [0.25, 0.3) is 0 Å². The third-order valence-corrected chi connectivity index (χ3v) is 3.26. The first-order valence-electron chi connectivity index (χ1n) is 5.28. The van der Waals surface area contributed by atoms with Crippen molar-refractivity contribution in [3.05, 3.63) is 22.4 Å². The molecule has 90 valence electrons. The molecule has 2 heterocycles. The Kier molecular flexibility index (Phi) is 3.53. The molecule has 2 rings (SSSR count). The third-order valence-electron chi connectivity index (χ3n) is 2.53. The molecule has 0 spiro atoms. The van der Waals surface area contributed by atoms with E-state index in [9.17, 15) is 14.4 Å². The van der Waals surface area contributed by atoms with Crippen molar-refractivity contribution < 1.29 is 14.4 Å². The van der Waals surface area contributed by atoms with Crippen LogP contribution in [0.15, 0.2) is 16.8 Å². The van der Waals surface area contributed by atoms with E-state index in [4.69, 9.17) is 0 Å². The van der Waals surface area contributed by atoms with Crippen molar-refractivity contribution in [3.63, 3.8) is 0 Å². The summed E-state index contributed by atoms with van der Waals surface area (Å²) >= 11 is 1.56. The van der Waals surface area contributed by atoms with Crippen molar-refractivity contribution in [1.29, 1.82) is 0 Å². The van der Waals surface area contributed by atoms with Crippen molar-refractivity contribution in [2.24, 2.45) is 0 Å². The second-order valence-corrected chi connectivity index (χ2v) is 4.56. The molecule has 1 aliphatic rings. The smallest absolute Gasteiger partial charge is 0.240 e. The molecule has 0 saturated carbocycles. The first-order chi connectivity index (χ1) is 8.16. The third kappa shape index (κ3) is 2.91. The highest BCUT2D eigenvalue weighted by molar-refractivity contribution is 7.07. The monoisotopic (exact) mass is 252 g/mol. The molecule has 0 aliphatic carbocycles. The van der Waals surface area contributed by atoms with Crippen molar-refractivity contribution in [3.8, 4) is 0 Å². The fourth-order valence-electron chi connectivity index (χ4n) is 1.59. The molecule has 1 fully saturated rings. The van der Waals surface area contributed by atoms with Crippen LogP contribution >= 0.6 is 11.3 Å². The number of hydrogen-bond donors (Lipinski definition) is 1. The Labute approximate surface area is 102 Å². The summed E-state index contributed by atoms with van der Waals surface area (Å²) in [5.41, 5.74) is 1.02. The zero-order valence-corrected chi connectivity index (χ0v) is 9.96. The van der Waals surface area contributed by atoms with Crippen molar-refractivity contribution >= 4 is 29.1 Å². The molecule has 3 amide bonds. The van der Waals surface area contributed by atoms with Crippen molar-refractivity contribution in [2.45, 2.75) is 19.4 Å². The van der Waals surface area contributed by atoms with E-state index < -0.39 is 0 Å². The molecule has 0 aromatic carbocycles. The number of carbonyl (C=O) groups excluding carboxylic acids is 3. The number of nitrogens with zero attached hydrogens (tertiary/aromatic N) is 1. The zero-order valence-electron chi connectivity index (χ0n) is 9.14. The van der Waals surface area contributed by atoms with Gasteiger partial charge >= 0.3 is 0 Å². The Balaban J connectivity index is 1.81. The largest absolute Gasteiger partial charge is 0.350 e. The highest BCUT2D eigenvalue weighted by Gasteiger charge is 2.30. The Morgan fingerprint density at radius 2 is 2.06 bits per heavy atom. The SMILES string of the molecule is O=C(CN1C(=O)CCC1=O)NCc1ccsc1. The topological polar surface area (TPSA) is 66.5 Å². The lowest BCUT2D eigenvalue weighted by molar-refractivity contribution is -0.142. The van der Waals surface area contributed by atoms with E-state index in [2.05, 4.69) is 5.32 Å². The van der Waals surface area contributed by atoms with Crippen LogP contribution in [0.25, 0.3) is 0 Å². The average Bonchev–Trinajstić information content (AvgIpc) is 2.91. The maximum Gasteiger partial charge on any atom is 0.240 e. The van der Waals surface area contributed by atoms with E-state index in [0.717, 1.165) is 10.5 Å². The average molecular weight is 252 g/mol. The number of likely N-dealkylation sites (tertiary alicyclic amines) is 1. The summed E-state index contributed by atoms with van der Waals surface area (Å²) in [5, 5.41) is 6.54. The molecule has 1 aromatic rings. The van der Waals surface area contributed by atoms with Crippen LogP contribution in [0.5, 0.6) is 0 Å². The van der Waals surface area contributed by atoms with Gasteiger partial charge in [-0.05, 0) is 22.4 Å². The zero-order chi connectivity index (χ0) is 12.3. The highest BCUT2D eigenvalue weighted by Crippen LogP contribution is 2.11. The number of imide groups is 1. The van der Waals surface area contributed by atoms with Gasteiger partial charge in [-0.25, -0.2) is 0 Å². The number of amides is 3. The van der Waals surface area contributed by atoms with Gasteiger partial charge in [-0.3, -0.25) is 19.3 Å². The van der Waals surface area contributed by atoms with Gasteiger partial charge < -0.3 is 5.32 Å². The summed E-state index contributed by atoms with van der Waals surface area (Å²) in [6.07, 6.45) is 0.438. The van der Waals surface area contributed by atoms with Gasteiger partial charge in [0.05, 0.1) is 0 Å². The molecular formula is C11H12N2O3S. The molecule has 0 unspecified atom stereocenters. The van der Waals surface area contributed by atoms with Crippen LogP contribution in [0.4, 0.5) is 0 Å². The van der Waals surface area contributed by atoms with Gasteiger partial charge in [-0.1, -0.05) is 0 Å². The Morgan fingerprint density at radius 1 is 1.35 bits per heavy atom. The molecule has 1 saturated heterocycles. The minimum Gasteiger partial charge on any atom is -0.350 e. The molecule has 5 nitrogen and oxygen atoms in total. The van der Waals surface area contributed by atoms with Crippen LogP contribution in [-0.2, 0) is 20.9 Å². The number of rotatable bonds is 4. The van der Waals surface area contributed by atoms with Gasteiger partial charge in [-0.2, -0.15) is 11.3 Å². The number of carbonyl (C=O) groups is 3. The van der Waals surface area contributed by atoms with Gasteiger partial charge in [0.15, 0.2) is 0 Å². The first kappa shape index (κ1) is 11.8. The molecule has 0 bridgehead atoms. The summed E-state index contributed by atoms with van der Waals surface area (Å²) in [7, 11) is 0. The van der Waals surface area contributed by atoms with Crippen LogP contribution in [0.1, 0.15) is 18.4 Å². The molecule has 1 aromatic heterocycles. The molecular weight excluding hydrogens is 240 g/mol. The molecule has 0 atom stereocenters. The maximum atomic E-state index is 11.5. The van der Waals surface area contributed by atoms with Crippen LogP contribution in [0.3, 0.4) is 0 Å². The Morgan fingerprint density at radius 3 is 2.65 bits per heavy atom. The van der Waals surface area contributed by atoms with E-state index in [-0.39, 0.29) is 37.1 Å². The fraction of sp³-hybridized carbons (Fsp3) is 0.364. The maximum absolute atomic E-state index is 11.5. The van der Waals surface area contributed by atoms with E-state index in [0.29, 0.717) is 6.54 Å². The number of nitrogens with one attached hydrogen (secondary N) is 1. The standard InChI is InChI=1S/C11H12N2O3S/c14-9(12-5-8-3-4-17-7-8)6-13-10(15)1-2-11(13)16/h3-4,7H,1-2,5-6H2,(H,12,14). The van der Waals surface area contributed by atoms with Crippen molar-refractivity contribution in [1.82, 2.24) is 10.2 Å². The van der Waals surface area contributed by atoms with Gasteiger partial charge in [0.1, 0.15) is 6.54 Å². The lowest BCUT2D eigenvalue weighted by atomic mass is 10.3. The Bertz CT molecular complexity index is 426. The second-order valence-electron chi connectivity index (χ2n) is 3.78. The second kappa shape index (κ2) is 5.09. The van der Waals surface area contributed by atoms with Crippen LogP contribution in [-0.4, -0.2) is 29.2 Å². The summed E-state index contributed by atoms with van der Waals surface area (Å²) in [6.45, 7) is 0.264. The molecule has 17 heavy (non-hydrogen) atoms. The lowest BCUT2D eigenvalue weighted by Gasteiger charge is -2.12. The van der Waals surface area contributed by atoms with Crippen molar-refractivity contribution in [2.75, 3.05) is 6.54 Å². The number of thiophene rings is 1. The van der Waals surface area contributed by atoms with Crippen LogP contribution in [0.2, 0.25) is 0 Å². The van der Waals surface area contributed by atoms with Crippen LogP contribution in [0, 0.1) is 0 Å². The van der Waals surface area contributed by atoms with E-state index in [1.54, 1.807) is 11.3 Å². The molecule has 1 aliphatic heterocycles. The molecule has 0 radical (unpaired) electrons. The lowest BCUT2D eigenvalue weighted by Crippen LogP contribution is -2.39. The highest BCUT2D eigenvalue weighted by atomic mass is 32.1. The predicted octanol–water partition coefficient (Wildman–Crippen LogP) is 0.513. The summed E-state index contributed by atoms with van der Waals surface area (Å²) in [5.74, 6) is -0.832. The predicted molar refractivity (Wildman–Crippen MR) is 62.1 cm³/mol. The van der Waals surface area contributed by atoms with E-state index in [1.807, 2.05) is 16.8 Å². The summed E-state index contributed by atoms with van der Waals surface area (Å²) < 4.78 is 0. The van der Waals surface area contributed by atoms with E-state index in [1.165, 1.54) is 0 Å². The summed E-state index contributed by atoms with van der Waals surface area (Å²) in [4.78, 5) is 35.1.